The predicted octanol–water partition coefficient (Wildman–Crippen LogP) is 2.59. The molecule has 0 unspecified atom stereocenters. The fourth-order valence-electron chi connectivity index (χ4n) is 0.806. The number of para-hydroxylation sites is 1. The van der Waals surface area contributed by atoms with Crippen molar-refractivity contribution in [1.82, 2.24) is 0 Å². The highest BCUT2D eigenvalue weighted by atomic mass is 79.9. The van der Waals surface area contributed by atoms with Crippen LogP contribution in [0.1, 0.15) is 11.1 Å². The highest BCUT2D eigenvalue weighted by molar-refractivity contribution is 8.93. The molecule has 1 nitrogen and oxygen atoms in total. The lowest BCUT2D eigenvalue weighted by atomic mass is 10.1. The normalized spacial score (nSPS) is 8.60. The summed E-state index contributed by atoms with van der Waals surface area (Å²) in [6, 6.07) is 5.72. The van der Waals surface area contributed by atoms with Crippen LogP contribution < -0.4 is 0 Å². The molecule has 1 N–H and O–H groups in total. The smallest absolute Gasteiger partial charge is 0.121 e. The number of rotatable bonds is 0. The van der Waals surface area contributed by atoms with Crippen molar-refractivity contribution in [2.24, 2.45) is 0 Å². The molecule has 56 valence electrons. The SMILES string of the molecule is Br.Cc1cccc(C)c1O. The lowest BCUT2D eigenvalue weighted by molar-refractivity contribution is 0.467. The first-order valence-corrected chi connectivity index (χ1v) is 2.97. The van der Waals surface area contributed by atoms with Crippen LogP contribution in [0.4, 0.5) is 0 Å². The molecule has 1 aromatic rings. The Morgan fingerprint density at radius 1 is 1.10 bits per heavy atom. The van der Waals surface area contributed by atoms with Crippen LogP contribution in [0.15, 0.2) is 18.2 Å². The van der Waals surface area contributed by atoms with E-state index >= 15 is 0 Å². The van der Waals surface area contributed by atoms with E-state index in [4.69, 9.17) is 0 Å². The Morgan fingerprint density at radius 2 is 1.50 bits per heavy atom. The van der Waals surface area contributed by atoms with Crippen molar-refractivity contribution in [2.75, 3.05) is 0 Å². The molecule has 0 bridgehead atoms. The second-order valence-corrected chi connectivity index (χ2v) is 2.24. The third-order valence-corrected chi connectivity index (χ3v) is 1.44. The predicted molar refractivity (Wildman–Crippen MR) is 47.9 cm³/mol. The molecule has 0 fully saturated rings. The summed E-state index contributed by atoms with van der Waals surface area (Å²) in [7, 11) is 0. The summed E-state index contributed by atoms with van der Waals surface area (Å²) in [5.41, 5.74) is 1.88. The average Bonchev–Trinajstić information content (AvgIpc) is 1.83. The topological polar surface area (TPSA) is 20.2 Å². The number of aromatic hydroxyl groups is 1. The second kappa shape index (κ2) is 3.62. The summed E-state index contributed by atoms with van der Waals surface area (Å²) >= 11 is 0. The van der Waals surface area contributed by atoms with Gasteiger partial charge in [0, 0.05) is 0 Å². The molecule has 1 aromatic carbocycles. The first-order valence-electron chi connectivity index (χ1n) is 2.97. The lowest BCUT2D eigenvalue weighted by Crippen LogP contribution is -1.76. The standard InChI is InChI=1S/C8H10O.BrH/c1-6-4-3-5-7(2)8(6)9;/h3-5,9H,1-2H3;1H. The summed E-state index contributed by atoms with van der Waals surface area (Å²) in [5, 5.41) is 9.21. The molecule has 0 saturated heterocycles. The van der Waals surface area contributed by atoms with Gasteiger partial charge in [-0.15, -0.1) is 17.0 Å². The molecule has 10 heavy (non-hydrogen) atoms. The van der Waals surface area contributed by atoms with Crippen LogP contribution in [0.25, 0.3) is 0 Å². The number of phenols is 1. The number of aryl methyl sites for hydroxylation is 2. The highest BCUT2D eigenvalue weighted by Gasteiger charge is 1.95. The molecule has 1 rings (SSSR count). The maximum Gasteiger partial charge on any atom is 0.121 e. The Balaban J connectivity index is 0.000000810. The van der Waals surface area contributed by atoms with Gasteiger partial charge in [0.25, 0.3) is 0 Å². The molecule has 0 aromatic heterocycles. The van der Waals surface area contributed by atoms with Gasteiger partial charge < -0.3 is 5.11 Å². The van der Waals surface area contributed by atoms with Crippen LogP contribution in [-0.2, 0) is 0 Å². The van der Waals surface area contributed by atoms with E-state index in [1.165, 1.54) is 0 Å². The number of hydrogen-bond acceptors (Lipinski definition) is 1. The molecule has 0 amide bonds. The Labute approximate surface area is 71.5 Å². The van der Waals surface area contributed by atoms with Crippen LogP contribution in [0.5, 0.6) is 5.75 Å². The van der Waals surface area contributed by atoms with Crippen molar-refractivity contribution in [3.05, 3.63) is 29.3 Å². The van der Waals surface area contributed by atoms with Crippen molar-refractivity contribution in [2.45, 2.75) is 13.8 Å². The van der Waals surface area contributed by atoms with E-state index < -0.39 is 0 Å². The van der Waals surface area contributed by atoms with Crippen molar-refractivity contribution in [1.29, 1.82) is 0 Å². The Hall–Kier alpha value is -0.500. The first kappa shape index (κ1) is 9.50. The number of benzene rings is 1. The zero-order valence-corrected chi connectivity index (χ0v) is 7.80. The molecule has 2 heteroatoms. The van der Waals surface area contributed by atoms with Gasteiger partial charge in [-0.2, -0.15) is 0 Å². The van der Waals surface area contributed by atoms with Crippen LogP contribution in [-0.4, -0.2) is 5.11 Å². The molecule has 0 atom stereocenters. The molecular formula is C8H11BrO. The van der Waals surface area contributed by atoms with E-state index in [0.29, 0.717) is 5.75 Å². The summed E-state index contributed by atoms with van der Waals surface area (Å²) in [6.07, 6.45) is 0. The van der Waals surface area contributed by atoms with Crippen molar-refractivity contribution in [3.8, 4) is 5.75 Å². The third-order valence-electron chi connectivity index (χ3n) is 1.44. The fourth-order valence-corrected chi connectivity index (χ4v) is 0.806. The zero-order chi connectivity index (χ0) is 6.85. The van der Waals surface area contributed by atoms with E-state index in [0.717, 1.165) is 11.1 Å². The quantitative estimate of drug-likeness (QED) is 0.687. The highest BCUT2D eigenvalue weighted by Crippen LogP contribution is 2.19. The molecule has 0 aliphatic rings. The minimum Gasteiger partial charge on any atom is -0.507 e. The second-order valence-electron chi connectivity index (χ2n) is 2.24. The Bertz CT molecular complexity index is 200. The molecule has 0 aliphatic heterocycles. The van der Waals surface area contributed by atoms with Gasteiger partial charge in [0.05, 0.1) is 0 Å². The van der Waals surface area contributed by atoms with Gasteiger partial charge in [0.15, 0.2) is 0 Å². The summed E-state index contributed by atoms with van der Waals surface area (Å²) in [5.74, 6) is 0.414. The molecule has 0 radical (unpaired) electrons. The minimum absolute atomic E-state index is 0. The van der Waals surface area contributed by atoms with E-state index in [1.807, 2.05) is 32.0 Å². The fraction of sp³-hybridized carbons (Fsp3) is 0.250. The molecule has 0 heterocycles. The number of phenolic OH excluding ortho intramolecular Hbond substituents is 1. The van der Waals surface area contributed by atoms with E-state index in [9.17, 15) is 5.11 Å². The van der Waals surface area contributed by atoms with Crippen molar-refractivity contribution in [3.63, 3.8) is 0 Å². The molecule has 0 spiro atoms. The summed E-state index contributed by atoms with van der Waals surface area (Å²) < 4.78 is 0. The van der Waals surface area contributed by atoms with Crippen molar-refractivity contribution >= 4 is 17.0 Å². The number of hydrogen-bond donors (Lipinski definition) is 1. The first-order chi connectivity index (χ1) is 4.22. The summed E-state index contributed by atoms with van der Waals surface area (Å²) in [6.45, 7) is 3.78. The Morgan fingerprint density at radius 3 is 1.80 bits per heavy atom. The van der Waals surface area contributed by atoms with Gasteiger partial charge in [-0.05, 0) is 25.0 Å². The van der Waals surface area contributed by atoms with Gasteiger partial charge >= 0.3 is 0 Å². The van der Waals surface area contributed by atoms with E-state index in [-0.39, 0.29) is 17.0 Å². The van der Waals surface area contributed by atoms with E-state index in [1.54, 1.807) is 0 Å². The maximum atomic E-state index is 9.21. The lowest BCUT2D eigenvalue weighted by Gasteiger charge is -1.99. The van der Waals surface area contributed by atoms with Crippen molar-refractivity contribution < 1.29 is 5.11 Å². The summed E-state index contributed by atoms with van der Waals surface area (Å²) in [4.78, 5) is 0. The maximum absolute atomic E-state index is 9.21. The average molecular weight is 203 g/mol. The van der Waals surface area contributed by atoms with Gasteiger partial charge in [-0.25, -0.2) is 0 Å². The van der Waals surface area contributed by atoms with Crippen LogP contribution in [0, 0.1) is 13.8 Å². The van der Waals surface area contributed by atoms with Gasteiger partial charge in [0.2, 0.25) is 0 Å². The van der Waals surface area contributed by atoms with Gasteiger partial charge in [-0.3, -0.25) is 0 Å². The zero-order valence-electron chi connectivity index (χ0n) is 6.09. The van der Waals surface area contributed by atoms with Gasteiger partial charge in [-0.1, -0.05) is 18.2 Å². The van der Waals surface area contributed by atoms with Crippen LogP contribution in [0.3, 0.4) is 0 Å². The number of halogens is 1. The van der Waals surface area contributed by atoms with Crippen LogP contribution >= 0.6 is 17.0 Å². The Kier molecular flexibility index (Phi) is 3.43. The van der Waals surface area contributed by atoms with E-state index in [2.05, 4.69) is 0 Å². The van der Waals surface area contributed by atoms with Gasteiger partial charge in [0.1, 0.15) is 5.75 Å². The molecule has 0 aliphatic carbocycles. The minimum atomic E-state index is 0. The largest absolute Gasteiger partial charge is 0.507 e. The van der Waals surface area contributed by atoms with Crippen LogP contribution in [0.2, 0.25) is 0 Å². The molecular weight excluding hydrogens is 192 g/mol. The molecule has 0 saturated carbocycles. The third kappa shape index (κ3) is 1.74. The monoisotopic (exact) mass is 202 g/mol.